The highest BCUT2D eigenvalue weighted by molar-refractivity contribution is 7.89. The quantitative estimate of drug-likeness (QED) is 0.846. The van der Waals surface area contributed by atoms with Gasteiger partial charge in [-0.05, 0) is 43.6 Å². The SMILES string of the molecule is Cc1csc(CNC2CC2)c1S(=O)(=O)NC1CCC1. The van der Waals surface area contributed by atoms with E-state index in [0.29, 0.717) is 17.5 Å². The highest BCUT2D eigenvalue weighted by atomic mass is 32.2. The van der Waals surface area contributed by atoms with E-state index in [0.717, 1.165) is 29.7 Å². The van der Waals surface area contributed by atoms with Crippen molar-refractivity contribution < 1.29 is 8.42 Å². The topological polar surface area (TPSA) is 58.2 Å². The third-order valence-electron chi connectivity index (χ3n) is 3.81. The fraction of sp³-hybridized carbons (Fsp3) is 0.692. The van der Waals surface area contributed by atoms with E-state index in [1.165, 1.54) is 12.8 Å². The second-order valence-corrected chi connectivity index (χ2v) is 8.19. The molecule has 3 rings (SSSR count). The van der Waals surface area contributed by atoms with Gasteiger partial charge < -0.3 is 5.32 Å². The third-order valence-corrected chi connectivity index (χ3v) is 6.80. The van der Waals surface area contributed by atoms with Gasteiger partial charge in [-0.25, -0.2) is 13.1 Å². The van der Waals surface area contributed by atoms with Crippen LogP contribution in [-0.4, -0.2) is 20.5 Å². The molecule has 0 bridgehead atoms. The summed E-state index contributed by atoms with van der Waals surface area (Å²) >= 11 is 1.54. The highest BCUT2D eigenvalue weighted by Crippen LogP contribution is 2.30. The van der Waals surface area contributed by atoms with Gasteiger partial charge in [-0.3, -0.25) is 0 Å². The Morgan fingerprint density at radius 1 is 1.26 bits per heavy atom. The minimum atomic E-state index is -3.35. The second-order valence-electron chi connectivity index (χ2n) is 5.58. The zero-order valence-electron chi connectivity index (χ0n) is 11.1. The number of hydrogen-bond donors (Lipinski definition) is 2. The van der Waals surface area contributed by atoms with E-state index in [-0.39, 0.29) is 6.04 Å². The van der Waals surface area contributed by atoms with Crippen LogP contribution in [0.25, 0.3) is 0 Å². The Kier molecular flexibility index (Phi) is 3.68. The number of aryl methyl sites for hydroxylation is 1. The summed E-state index contributed by atoms with van der Waals surface area (Å²) in [6, 6.07) is 0.742. The fourth-order valence-corrected chi connectivity index (χ4v) is 5.37. The van der Waals surface area contributed by atoms with Gasteiger partial charge in [0.15, 0.2) is 0 Å². The van der Waals surface area contributed by atoms with Crippen molar-refractivity contribution in [2.45, 2.75) is 62.6 Å². The van der Waals surface area contributed by atoms with Crippen LogP contribution in [0.1, 0.15) is 42.5 Å². The van der Waals surface area contributed by atoms with Crippen molar-refractivity contribution in [3.05, 3.63) is 15.8 Å². The molecule has 19 heavy (non-hydrogen) atoms. The molecule has 0 saturated heterocycles. The van der Waals surface area contributed by atoms with Gasteiger partial charge in [0.1, 0.15) is 4.90 Å². The maximum absolute atomic E-state index is 12.5. The lowest BCUT2D eigenvalue weighted by molar-refractivity contribution is 0.383. The molecule has 106 valence electrons. The average molecular weight is 300 g/mol. The first kappa shape index (κ1) is 13.5. The molecule has 0 unspecified atom stereocenters. The third kappa shape index (κ3) is 3.02. The summed E-state index contributed by atoms with van der Waals surface area (Å²) in [5.74, 6) is 0. The largest absolute Gasteiger partial charge is 0.309 e. The Bertz CT molecular complexity index is 557. The predicted octanol–water partition coefficient (Wildman–Crippen LogP) is 2.14. The van der Waals surface area contributed by atoms with Crippen molar-refractivity contribution in [2.75, 3.05) is 0 Å². The first-order chi connectivity index (χ1) is 9.06. The van der Waals surface area contributed by atoms with Crippen molar-refractivity contribution in [3.8, 4) is 0 Å². The zero-order chi connectivity index (χ0) is 13.5. The first-order valence-corrected chi connectivity index (χ1v) is 9.25. The molecule has 0 aromatic carbocycles. The fourth-order valence-electron chi connectivity index (χ4n) is 2.30. The number of hydrogen-bond acceptors (Lipinski definition) is 4. The second kappa shape index (κ2) is 5.16. The van der Waals surface area contributed by atoms with Crippen LogP contribution in [0.5, 0.6) is 0 Å². The molecule has 1 aromatic rings. The standard InChI is InChI=1S/C13H20N2O2S2/c1-9-8-18-12(7-14-10-5-6-10)13(9)19(16,17)15-11-3-2-4-11/h8,10-11,14-15H,2-7H2,1H3. The summed E-state index contributed by atoms with van der Waals surface area (Å²) in [5.41, 5.74) is 0.865. The number of sulfonamides is 1. The molecule has 0 amide bonds. The summed E-state index contributed by atoms with van der Waals surface area (Å²) in [6.45, 7) is 2.55. The predicted molar refractivity (Wildman–Crippen MR) is 76.9 cm³/mol. The zero-order valence-corrected chi connectivity index (χ0v) is 12.7. The van der Waals surface area contributed by atoms with Crippen LogP contribution in [0.2, 0.25) is 0 Å². The molecule has 2 fully saturated rings. The van der Waals surface area contributed by atoms with Crippen molar-refractivity contribution in [1.82, 2.24) is 10.0 Å². The van der Waals surface area contributed by atoms with Crippen molar-refractivity contribution >= 4 is 21.4 Å². The van der Waals surface area contributed by atoms with Crippen LogP contribution in [0, 0.1) is 6.92 Å². The molecule has 2 aliphatic carbocycles. The number of rotatable bonds is 6. The van der Waals surface area contributed by atoms with Gasteiger partial charge in [0.2, 0.25) is 10.0 Å². The molecule has 2 saturated carbocycles. The molecule has 2 N–H and O–H groups in total. The number of thiophene rings is 1. The van der Waals surface area contributed by atoms with E-state index < -0.39 is 10.0 Å². The van der Waals surface area contributed by atoms with E-state index >= 15 is 0 Å². The van der Waals surface area contributed by atoms with Gasteiger partial charge in [-0.15, -0.1) is 11.3 Å². The molecule has 0 radical (unpaired) electrons. The number of nitrogens with one attached hydrogen (secondary N) is 2. The molecular weight excluding hydrogens is 280 g/mol. The molecular formula is C13H20N2O2S2. The lowest BCUT2D eigenvalue weighted by atomic mass is 9.94. The van der Waals surface area contributed by atoms with Gasteiger partial charge >= 0.3 is 0 Å². The summed E-state index contributed by atoms with van der Waals surface area (Å²) in [4.78, 5) is 1.45. The monoisotopic (exact) mass is 300 g/mol. The van der Waals surface area contributed by atoms with Crippen LogP contribution in [-0.2, 0) is 16.6 Å². The van der Waals surface area contributed by atoms with Crippen LogP contribution in [0.4, 0.5) is 0 Å². The van der Waals surface area contributed by atoms with Crippen LogP contribution in [0.15, 0.2) is 10.3 Å². The Hall–Kier alpha value is -0.430. The maximum atomic E-state index is 12.5. The smallest absolute Gasteiger partial charge is 0.242 e. The first-order valence-electron chi connectivity index (χ1n) is 6.89. The minimum Gasteiger partial charge on any atom is -0.309 e. The van der Waals surface area contributed by atoms with Gasteiger partial charge in [-0.1, -0.05) is 6.42 Å². The molecule has 6 heteroatoms. The summed E-state index contributed by atoms with van der Waals surface area (Å²) in [5, 5.41) is 5.34. The Balaban J connectivity index is 1.78. The van der Waals surface area contributed by atoms with Crippen molar-refractivity contribution in [2.24, 2.45) is 0 Å². The Labute approximate surface area is 118 Å². The summed E-state index contributed by atoms with van der Waals surface area (Å²) in [7, 11) is -3.35. The van der Waals surface area contributed by atoms with E-state index in [9.17, 15) is 8.42 Å². The van der Waals surface area contributed by atoms with Gasteiger partial charge in [0.25, 0.3) is 0 Å². The molecule has 0 spiro atoms. The lowest BCUT2D eigenvalue weighted by Crippen LogP contribution is -2.39. The van der Waals surface area contributed by atoms with Gasteiger partial charge in [0.05, 0.1) is 0 Å². The molecule has 1 aromatic heterocycles. The highest BCUT2D eigenvalue weighted by Gasteiger charge is 2.29. The minimum absolute atomic E-state index is 0.147. The maximum Gasteiger partial charge on any atom is 0.242 e. The van der Waals surface area contributed by atoms with Gasteiger partial charge in [0, 0.05) is 23.5 Å². The van der Waals surface area contributed by atoms with Crippen LogP contribution in [0.3, 0.4) is 0 Å². The molecule has 0 aliphatic heterocycles. The molecule has 1 heterocycles. The Morgan fingerprint density at radius 2 is 2.00 bits per heavy atom. The van der Waals surface area contributed by atoms with Gasteiger partial charge in [-0.2, -0.15) is 0 Å². The van der Waals surface area contributed by atoms with E-state index in [1.54, 1.807) is 11.3 Å². The molecule has 4 nitrogen and oxygen atoms in total. The summed E-state index contributed by atoms with van der Waals surface area (Å²) < 4.78 is 27.8. The van der Waals surface area contributed by atoms with E-state index in [2.05, 4.69) is 10.0 Å². The Morgan fingerprint density at radius 3 is 2.58 bits per heavy atom. The molecule has 0 atom stereocenters. The summed E-state index contributed by atoms with van der Waals surface area (Å²) in [6.07, 6.45) is 5.50. The van der Waals surface area contributed by atoms with E-state index in [4.69, 9.17) is 0 Å². The molecule has 2 aliphatic rings. The van der Waals surface area contributed by atoms with Crippen LogP contribution < -0.4 is 10.0 Å². The normalized spacial score (nSPS) is 20.5. The van der Waals surface area contributed by atoms with E-state index in [1.807, 2.05) is 12.3 Å². The average Bonchev–Trinajstić information content (AvgIpc) is 3.05. The van der Waals surface area contributed by atoms with Crippen molar-refractivity contribution in [1.29, 1.82) is 0 Å². The lowest BCUT2D eigenvalue weighted by Gasteiger charge is -2.26. The van der Waals surface area contributed by atoms with Crippen LogP contribution >= 0.6 is 11.3 Å². The van der Waals surface area contributed by atoms with Crippen molar-refractivity contribution in [3.63, 3.8) is 0 Å².